The normalized spacial score (nSPS) is 15.0. The predicted molar refractivity (Wildman–Crippen MR) is 40.8 cm³/mol. The molecule has 0 radical (unpaired) electrons. The molecule has 0 heterocycles. The van der Waals surface area contributed by atoms with E-state index < -0.39 is 11.9 Å². The number of carbonyl (C=O) groups is 1. The van der Waals surface area contributed by atoms with Crippen LogP contribution in [0.15, 0.2) is 0 Å². The molecule has 0 aromatic rings. The molecule has 3 nitrogen and oxygen atoms in total. The Bertz CT molecular complexity index is 171. The first kappa shape index (κ1) is 9.96. The monoisotopic (exact) mass is 155 g/mol. The van der Waals surface area contributed by atoms with Gasteiger partial charge in [0.05, 0.1) is 17.9 Å². The number of carboxylic acid groups (broad SMARTS) is 1. The lowest BCUT2D eigenvalue weighted by atomic mass is 9.91. The summed E-state index contributed by atoms with van der Waals surface area (Å²) in [4.78, 5) is 10.4. The zero-order valence-electron chi connectivity index (χ0n) is 6.87. The fourth-order valence-electron chi connectivity index (χ4n) is 0.909. The highest BCUT2D eigenvalue weighted by Crippen LogP contribution is 2.16. The molecule has 0 aromatic heterocycles. The minimum Gasteiger partial charge on any atom is -0.481 e. The van der Waals surface area contributed by atoms with Crippen LogP contribution in [0.4, 0.5) is 0 Å². The van der Waals surface area contributed by atoms with Crippen LogP contribution in [-0.2, 0) is 4.79 Å². The summed E-state index contributed by atoms with van der Waals surface area (Å²) in [5.74, 6) is -1.76. The van der Waals surface area contributed by atoms with Crippen LogP contribution >= 0.6 is 0 Å². The van der Waals surface area contributed by atoms with Crippen molar-refractivity contribution < 1.29 is 9.90 Å². The third-order valence-electron chi connectivity index (χ3n) is 1.76. The topological polar surface area (TPSA) is 61.1 Å². The molecule has 0 spiro atoms. The van der Waals surface area contributed by atoms with E-state index in [4.69, 9.17) is 10.4 Å². The first-order valence-electron chi connectivity index (χ1n) is 3.75. The second-order valence-corrected chi connectivity index (χ2v) is 2.65. The average Bonchev–Trinajstić information content (AvgIpc) is 1.98. The molecule has 0 aromatic carbocycles. The Hall–Kier alpha value is -1.04. The van der Waals surface area contributed by atoms with Crippen LogP contribution in [-0.4, -0.2) is 11.1 Å². The summed E-state index contributed by atoms with van der Waals surface area (Å²) in [6.07, 6.45) is 1.53. The maximum Gasteiger partial charge on any atom is 0.307 e. The number of hydrogen-bond donors (Lipinski definition) is 1. The highest BCUT2D eigenvalue weighted by molar-refractivity contribution is 5.70. The van der Waals surface area contributed by atoms with Gasteiger partial charge in [0, 0.05) is 0 Å². The number of hydrogen-bond acceptors (Lipinski definition) is 2. The summed E-state index contributed by atoms with van der Waals surface area (Å²) >= 11 is 0. The Balaban J connectivity index is 4.05. The highest BCUT2D eigenvalue weighted by Gasteiger charge is 2.21. The van der Waals surface area contributed by atoms with Crippen molar-refractivity contribution in [2.24, 2.45) is 11.8 Å². The molecular formula is C8H13NO2. The van der Waals surface area contributed by atoms with Gasteiger partial charge in [-0.25, -0.2) is 0 Å². The summed E-state index contributed by atoms with van der Waals surface area (Å²) in [5, 5.41) is 17.1. The lowest BCUT2D eigenvalue weighted by molar-refractivity contribution is -0.142. The van der Waals surface area contributed by atoms with E-state index in [-0.39, 0.29) is 5.92 Å². The molecule has 0 saturated heterocycles. The molecule has 0 saturated carbocycles. The van der Waals surface area contributed by atoms with Gasteiger partial charge in [-0.2, -0.15) is 5.26 Å². The minimum absolute atomic E-state index is 0.336. The lowest BCUT2D eigenvalue weighted by Crippen LogP contribution is -2.19. The minimum atomic E-state index is -0.884. The van der Waals surface area contributed by atoms with E-state index in [9.17, 15) is 4.79 Å². The summed E-state index contributed by atoms with van der Waals surface area (Å²) in [6.45, 7) is 3.52. The van der Waals surface area contributed by atoms with E-state index in [1.54, 1.807) is 6.92 Å². The van der Waals surface area contributed by atoms with Crippen molar-refractivity contribution in [3.63, 3.8) is 0 Å². The Morgan fingerprint density at radius 3 is 2.55 bits per heavy atom. The third kappa shape index (κ3) is 3.03. The van der Waals surface area contributed by atoms with E-state index in [1.165, 1.54) is 0 Å². The predicted octanol–water partition coefficient (Wildman–Crippen LogP) is 1.65. The van der Waals surface area contributed by atoms with Crippen LogP contribution in [0, 0.1) is 23.2 Å². The maximum atomic E-state index is 10.4. The van der Waals surface area contributed by atoms with Crippen molar-refractivity contribution in [2.45, 2.75) is 26.7 Å². The second kappa shape index (κ2) is 4.73. The van der Waals surface area contributed by atoms with Gasteiger partial charge >= 0.3 is 5.97 Å². The van der Waals surface area contributed by atoms with Gasteiger partial charge < -0.3 is 5.11 Å². The van der Waals surface area contributed by atoms with Gasteiger partial charge in [-0.05, 0) is 6.42 Å². The molecule has 0 amide bonds. The number of nitrogens with zero attached hydrogens (tertiary/aromatic N) is 1. The molecule has 0 aliphatic rings. The van der Waals surface area contributed by atoms with E-state index in [0.29, 0.717) is 6.42 Å². The Kier molecular flexibility index (Phi) is 4.28. The number of rotatable bonds is 4. The first-order chi connectivity index (χ1) is 5.13. The highest BCUT2D eigenvalue weighted by atomic mass is 16.4. The van der Waals surface area contributed by atoms with Gasteiger partial charge in [-0.15, -0.1) is 0 Å². The van der Waals surface area contributed by atoms with Gasteiger partial charge in [0.25, 0.3) is 0 Å². The number of aliphatic carboxylic acids is 1. The van der Waals surface area contributed by atoms with Gasteiger partial charge in [-0.3, -0.25) is 4.79 Å². The largest absolute Gasteiger partial charge is 0.481 e. The fraction of sp³-hybridized carbons (Fsp3) is 0.750. The van der Waals surface area contributed by atoms with E-state index >= 15 is 0 Å². The van der Waals surface area contributed by atoms with Crippen molar-refractivity contribution in [3.8, 4) is 6.07 Å². The zero-order valence-corrected chi connectivity index (χ0v) is 6.87. The molecule has 3 heteroatoms. The lowest BCUT2D eigenvalue weighted by Gasteiger charge is -2.11. The second-order valence-electron chi connectivity index (χ2n) is 2.65. The van der Waals surface area contributed by atoms with Crippen LogP contribution in [0.2, 0.25) is 0 Å². The van der Waals surface area contributed by atoms with Crippen LogP contribution in [0.1, 0.15) is 26.7 Å². The molecule has 11 heavy (non-hydrogen) atoms. The van der Waals surface area contributed by atoms with Crippen molar-refractivity contribution >= 4 is 5.97 Å². The number of nitriles is 1. The number of carboxylic acids is 1. The van der Waals surface area contributed by atoms with Crippen molar-refractivity contribution in [1.29, 1.82) is 5.26 Å². The maximum absolute atomic E-state index is 10.4. The summed E-state index contributed by atoms with van der Waals surface area (Å²) in [6, 6.07) is 2.00. The smallest absolute Gasteiger partial charge is 0.307 e. The quantitative estimate of drug-likeness (QED) is 0.671. The Morgan fingerprint density at radius 2 is 2.27 bits per heavy atom. The molecule has 0 rings (SSSR count). The summed E-state index contributed by atoms with van der Waals surface area (Å²) in [7, 11) is 0. The van der Waals surface area contributed by atoms with E-state index in [2.05, 4.69) is 0 Å². The Morgan fingerprint density at radius 1 is 1.73 bits per heavy atom. The van der Waals surface area contributed by atoms with Gasteiger partial charge in [0.1, 0.15) is 0 Å². The molecule has 2 unspecified atom stereocenters. The summed E-state index contributed by atoms with van der Waals surface area (Å²) in [5.41, 5.74) is 0. The molecule has 2 atom stereocenters. The van der Waals surface area contributed by atoms with Gasteiger partial charge in [0.2, 0.25) is 0 Å². The Labute approximate surface area is 66.6 Å². The standard InChI is InChI=1S/C8H13NO2/c1-3-4-7(5-9)6(2)8(10)11/h6-7H,3-4H2,1-2H3,(H,10,11). The zero-order chi connectivity index (χ0) is 8.85. The van der Waals surface area contributed by atoms with Crippen LogP contribution in [0.3, 0.4) is 0 Å². The van der Waals surface area contributed by atoms with Crippen molar-refractivity contribution in [3.05, 3.63) is 0 Å². The molecule has 0 bridgehead atoms. The molecule has 0 aliphatic heterocycles. The fourth-order valence-corrected chi connectivity index (χ4v) is 0.909. The van der Waals surface area contributed by atoms with E-state index in [1.807, 2.05) is 13.0 Å². The van der Waals surface area contributed by atoms with Gasteiger partial charge in [0.15, 0.2) is 0 Å². The summed E-state index contributed by atoms with van der Waals surface area (Å²) < 4.78 is 0. The van der Waals surface area contributed by atoms with Crippen LogP contribution in [0.5, 0.6) is 0 Å². The molecule has 1 N–H and O–H groups in total. The van der Waals surface area contributed by atoms with Crippen molar-refractivity contribution in [1.82, 2.24) is 0 Å². The third-order valence-corrected chi connectivity index (χ3v) is 1.76. The SMILES string of the molecule is CCCC(C#N)C(C)C(=O)O. The average molecular weight is 155 g/mol. The van der Waals surface area contributed by atoms with Crippen LogP contribution < -0.4 is 0 Å². The first-order valence-corrected chi connectivity index (χ1v) is 3.75. The molecule has 0 fully saturated rings. The van der Waals surface area contributed by atoms with Gasteiger partial charge in [-0.1, -0.05) is 20.3 Å². The molecule has 0 aliphatic carbocycles. The van der Waals surface area contributed by atoms with Crippen LogP contribution in [0.25, 0.3) is 0 Å². The van der Waals surface area contributed by atoms with E-state index in [0.717, 1.165) is 6.42 Å². The molecule has 62 valence electrons. The molecular weight excluding hydrogens is 142 g/mol. The van der Waals surface area contributed by atoms with Crippen molar-refractivity contribution in [2.75, 3.05) is 0 Å².